The molecule has 7 nitrogen and oxygen atoms in total. The van der Waals surface area contributed by atoms with Crippen molar-refractivity contribution in [2.45, 2.75) is 58.7 Å². The second-order valence-corrected chi connectivity index (χ2v) is 9.80. The minimum Gasteiger partial charge on any atom is -0.444 e. The highest BCUT2D eigenvalue weighted by Gasteiger charge is 2.30. The van der Waals surface area contributed by atoms with Crippen LogP contribution >= 0.6 is 0 Å². The standard InChI is InChI=1S/C25H35N5O2/c1-5-20-17-28(16-19-9-7-6-8-10-19)18-21-15-26-23(27-22(20)21)29-11-13-30(14-12-29)24(31)32-25(2,3)4/h6-10,15,20H,5,11-14,16-18H2,1-4H3. The van der Waals surface area contributed by atoms with Crippen LogP contribution in [0.3, 0.4) is 0 Å². The van der Waals surface area contributed by atoms with E-state index in [4.69, 9.17) is 14.7 Å². The van der Waals surface area contributed by atoms with Gasteiger partial charge in [0.25, 0.3) is 0 Å². The predicted molar refractivity (Wildman–Crippen MR) is 126 cm³/mol. The highest BCUT2D eigenvalue weighted by Crippen LogP contribution is 2.31. The highest BCUT2D eigenvalue weighted by molar-refractivity contribution is 5.68. The van der Waals surface area contributed by atoms with Gasteiger partial charge in [-0.3, -0.25) is 4.90 Å². The molecule has 0 N–H and O–H groups in total. The molecule has 7 heteroatoms. The second-order valence-electron chi connectivity index (χ2n) is 9.80. The van der Waals surface area contributed by atoms with Gasteiger partial charge in [0, 0.05) is 63.5 Å². The number of benzene rings is 1. The topological polar surface area (TPSA) is 61.8 Å². The average Bonchev–Trinajstić information content (AvgIpc) is 2.78. The first-order valence-electron chi connectivity index (χ1n) is 11.7. The zero-order valence-electron chi connectivity index (χ0n) is 19.8. The lowest BCUT2D eigenvalue weighted by molar-refractivity contribution is 0.0240. The number of amides is 1. The summed E-state index contributed by atoms with van der Waals surface area (Å²) in [5.41, 5.74) is 3.29. The number of hydrogen-bond donors (Lipinski definition) is 0. The maximum Gasteiger partial charge on any atom is 0.410 e. The first-order chi connectivity index (χ1) is 15.3. The Labute approximate surface area is 191 Å². The van der Waals surface area contributed by atoms with Crippen molar-refractivity contribution < 1.29 is 9.53 Å². The molecule has 1 atom stereocenters. The van der Waals surface area contributed by atoms with Crippen LogP contribution in [0.25, 0.3) is 0 Å². The van der Waals surface area contributed by atoms with Gasteiger partial charge < -0.3 is 14.5 Å². The van der Waals surface area contributed by atoms with Crippen molar-refractivity contribution in [3.63, 3.8) is 0 Å². The van der Waals surface area contributed by atoms with Crippen molar-refractivity contribution >= 4 is 12.0 Å². The molecule has 4 rings (SSSR count). The summed E-state index contributed by atoms with van der Waals surface area (Å²) in [5, 5.41) is 0. The maximum absolute atomic E-state index is 12.3. The minimum absolute atomic E-state index is 0.243. The van der Waals surface area contributed by atoms with Crippen molar-refractivity contribution in [2.75, 3.05) is 37.6 Å². The molecule has 3 heterocycles. The number of rotatable bonds is 4. The number of ether oxygens (including phenoxy) is 1. The van der Waals surface area contributed by atoms with E-state index in [0.29, 0.717) is 19.0 Å². The van der Waals surface area contributed by atoms with Gasteiger partial charge >= 0.3 is 6.09 Å². The summed E-state index contributed by atoms with van der Waals surface area (Å²) in [6.07, 6.45) is 2.83. The Hall–Kier alpha value is -2.67. The molecule has 32 heavy (non-hydrogen) atoms. The van der Waals surface area contributed by atoms with Crippen molar-refractivity contribution in [1.82, 2.24) is 19.8 Å². The summed E-state index contributed by atoms with van der Waals surface area (Å²) < 4.78 is 5.51. The van der Waals surface area contributed by atoms with Crippen molar-refractivity contribution in [3.05, 3.63) is 53.3 Å². The summed E-state index contributed by atoms with van der Waals surface area (Å²) in [5.74, 6) is 1.19. The van der Waals surface area contributed by atoms with Crippen molar-refractivity contribution in [3.8, 4) is 0 Å². The van der Waals surface area contributed by atoms with Crippen LogP contribution in [0.5, 0.6) is 0 Å². The fraction of sp³-hybridized carbons (Fsp3) is 0.560. The van der Waals surface area contributed by atoms with Crippen LogP contribution in [-0.2, 0) is 17.8 Å². The molecular weight excluding hydrogens is 402 g/mol. The number of carbonyl (C=O) groups is 1. The number of fused-ring (bicyclic) bond motifs is 1. The van der Waals surface area contributed by atoms with Gasteiger partial charge in [0.05, 0.1) is 5.69 Å². The number of piperazine rings is 1. The van der Waals surface area contributed by atoms with Gasteiger partial charge in [0.15, 0.2) is 0 Å². The van der Waals surface area contributed by atoms with Gasteiger partial charge in [0.1, 0.15) is 5.60 Å². The van der Waals surface area contributed by atoms with Gasteiger partial charge in [-0.25, -0.2) is 14.8 Å². The molecule has 0 aliphatic carbocycles. The first kappa shape index (κ1) is 22.5. The van der Waals surface area contributed by atoms with E-state index < -0.39 is 5.60 Å². The maximum atomic E-state index is 12.3. The molecule has 0 saturated carbocycles. The lowest BCUT2D eigenvalue weighted by Crippen LogP contribution is -2.50. The van der Waals surface area contributed by atoms with E-state index in [0.717, 1.165) is 45.1 Å². The van der Waals surface area contributed by atoms with E-state index in [2.05, 4.69) is 47.1 Å². The van der Waals surface area contributed by atoms with Gasteiger partial charge in [-0.05, 0) is 32.8 Å². The minimum atomic E-state index is -0.473. The van der Waals surface area contributed by atoms with E-state index in [1.54, 1.807) is 4.90 Å². The first-order valence-corrected chi connectivity index (χ1v) is 11.7. The third-order valence-corrected chi connectivity index (χ3v) is 6.10. The average molecular weight is 438 g/mol. The van der Waals surface area contributed by atoms with Crippen LogP contribution in [0.4, 0.5) is 10.7 Å². The fourth-order valence-electron chi connectivity index (χ4n) is 4.44. The van der Waals surface area contributed by atoms with Crippen LogP contribution in [-0.4, -0.2) is 64.2 Å². The molecule has 0 bridgehead atoms. The molecule has 0 spiro atoms. The van der Waals surface area contributed by atoms with E-state index in [-0.39, 0.29) is 6.09 Å². The number of hydrogen-bond acceptors (Lipinski definition) is 6. The molecule has 1 aromatic carbocycles. The van der Waals surface area contributed by atoms with Gasteiger partial charge in [-0.15, -0.1) is 0 Å². The third-order valence-electron chi connectivity index (χ3n) is 6.10. The lowest BCUT2D eigenvalue weighted by Gasteiger charge is -2.37. The van der Waals surface area contributed by atoms with Crippen molar-refractivity contribution in [1.29, 1.82) is 0 Å². The molecule has 2 aliphatic heterocycles. The summed E-state index contributed by atoms with van der Waals surface area (Å²) in [6.45, 7) is 13.5. The van der Waals surface area contributed by atoms with E-state index in [1.165, 1.54) is 16.8 Å². The quantitative estimate of drug-likeness (QED) is 0.719. The normalized spacial score (nSPS) is 19.6. The molecule has 172 valence electrons. The molecular formula is C25H35N5O2. The van der Waals surface area contributed by atoms with Gasteiger partial charge in [-0.2, -0.15) is 0 Å². The van der Waals surface area contributed by atoms with E-state index in [1.807, 2.05) is 27.0 Å². The third kappa shape index (κ3) is 5.38. The Morgan fingerprint density at radius 3 is 2.50 bits per heavy atom. The molecule has 1 aromatic heterocycles. The summed E-state index contributed by atoms with van der Waals surface area (Å²) in [4.78, 5) is 28.5. The molecule has 1 amide bonds. The zero-order valence-corrected chi connectivity index (χ0v) is 19.8. The number of carbonyl (C=O) groups excluding carboxylic acids is 1. The Bertz CT molecular complexity index is 920. The number of anilines is 1. The lowest BCUT2D eigenvalue weighted by atomic mass is 9.93. The molecule has 1 saturated heterocycles. The number of nitrogens with zero attached hydrogens (tertiary/aromatic N) is 5. The van der Waals surface area contributed by atoms with Crippen LogP contribution in [0.15, 0.2) is 36.5 Å². The molecule has 2 aromatic rings. The molecule has 1 unspecified atom stereocenters. The molecule has 2 aliphatic rings. The highest BCUT2D eigenvalue weighted by atomic mass is 16.6. The smallest absolute Gasteiger partial charge is 0.410 e. The molecule has 1 fully saturated rings. The SMILES string of the molecule is CCC1CN(Cc2ccccc2)Cc2cnc(N3CCN(C(=O)OC(C)(C)C)CC3)nc21. The van der Waals surface area contributed by atoms with Crippen molar-refractivity contribution in [2.24, 2.45) is 0 Å². The van der Waals surface area contributed by atoms with E-state index in [9.17, 15) is 4.79 Å². The Kier molecular flexibility index (Phi) is 6.65. The Morgan fingerprint density at radius 2 is 1.84 bits per heavy atom. The second kappa shape index (κ2) is 9.45. The molecule has 0 radical (unpaired) electrons. The van der Waals surface area contributed by atoms with Crippen LogP contribution in [0, 0.1) is 0 Å². The largest absolute Gasteiger partial charge is 0.444 e. The van der Waals surface area contributed by atoms with Crippen LogP contribution < -0.4 is 4.90 Å². The van der Waals surface area contributed by atoms with Crippen LogP contribution in [0.2, 0.25) is 0 Å². The summed E-state index contributed by atoms with van der Waals surface area (Å²) in [6, 6.07) is 10.6. The monoisotopic (exact) mass is 437 g/mol. The Balaban J connectivity index is 1.41. The summed E-state index contributed by atoms with van der Waals surface area (Å²) in [7, 11) is 0. The summed E-state index contributed by atoms with van der Waals surface area (Å²) >= 11 is 0. The Morgan fingerprint density at radius 1 is 1.12 bits per heavy atom. The zero-order chi connectivity index (χ0) is 22.7. The van der Waals surface area contributed by atoms with Gasteiger partial charge in [-0.1, -0.05) is 37.3 Å². The van der Waals surface area contributed by atoms with Crippen LogP contribution in [0.1, 0.15) is 56.9 Å². The predicted octanol–water partition coefficient (Wildman–Crippen LogP) is 4.04. The van der Waals surface area contributed by atoms with Gasteiger partial charge in [0.2, 0.25) is 5.95 Å². The number of aromatic nitrogens is 2. The fourth-order valence-corrected chi connectivity index (χ4v) is 4.44. The van der Waals surface area contributed by atoms with E-state index >= 15 is 0 Å².